The number of fused-ring (bicyclic) bond motifs is 1. The summed E-state index contributed by atoms with van der Waals surface area (Å²) in [4.78, 5) is 15.1. The number of carbonyl (C=O) groups excluding carboxylic acids is 1. The topological polar surface area (TPSA) is 92.1 Å². The van der Waals surface area contributed by atoms with E-state index in [9.17, 15) is 13.2 Å². The summed E-state index contributed by atoms with van der Waals surface area (Å²) in [5.41, 5.74) is 1.16. The smallest absolute Gasteiger partial charge is 0.287 e. The van der Waals surface area contributed by atoms with Gasteiger partial charge in [0, 0.05) is 37.1 Å². The molecule has 0 atom stereocenters. The number of benzene rings is 1. The van der Waals surface area contributed by atoms with Gasteiger partial charge in [-0.1, -0.05) is 0 Å². The number of aryl methyl sites for hydroxylation is 1. The van der Waals surface area contributed by atoms with Crippen molar-refractivity contribution in [2.24, 2.45) is 0 Å². The first-order chi connectivity index (χ1) is 14.0. The van der Waals surface area contributed by atoms with Crippen molar-refractivity contribution in [3.05, 3.63) is 29.5 Å². The van der Waals surface area contributed by atoms with E-state index in [1.54, 1.807) is 19.1 Å². The van der Waals surface area contributed by atoms with Gasteiger partial charge in [-0.2, -0.15) is 4.31 Å². The van der Waals surface area contributed by atoms with E-state index in [2.05, 4.69) is 10.2 Å². The van der Waals surface area contributed by atoms with Gasteiger partial charge in [0.2, 0.25) is 10.0 Å². The lowest BCUT2D eigenvalue weighted by molar-refractivity contribution is 0.0730. The van der Waals surface area contributed by atoms with Crippen LogP contribution in [0.4, 0.5) is 0 Å². The molecular weight excluding hydrogens is 394 g/mol. The van der Waals surface area contributed by atoms with Crippen molar-refractivity contribution in [3.63, 3.8) is 0 Å². The van der Waals surface area contributed by atoms with E-state index in [1.165, 1.54) is 23.2 Å². The number of nitrogens with zero attached hydrogens (tertiary/aromatic N) is 2. The Morgan fingerprint density at radius 2 is 1.86 bits per heavy atom. The number of ether oxygens (including phenoxy) is 1. The van der Waals surface area contributed by atoms with E-state index in [4.69, 9.17) is 9.15 Å². The summed E-state index contributed by atoms with van der Waals surface area (Å²) < 4.78 is 38.2. The third-order valence-corrected chi connectivity index (χ3v) is 7.53. The fourth-order valence-electron chi connectivity index (χ4n) is 3.93. The van der Waals surface area contributed by atoms with Gasteiger partial charge in [0.1, 0.15) is 5.58 Å². The number of hydrogen-bond donors (Lipinski definition) is 1. The Bertz CT molecular complexity index is 989. The van der Waals surface area contributed by atoms with Crippen LogP contribution >= 0.6 is 0 Å². The number of carbonyl (C=O) groups is 1. The van der Waals surface area contributed by atoms with E-state index >= 15 is 0 Å². The van der Waals surface area contributed by atoms with Gasteiger partial charge in [-0.05, 0) is 51.1 Å². The van der Waals surface area contributed by atoms with Crippen LogP contribution in [-0.4, -0.2) is 76.0 Å². The lowest BCUT2D eigenvalue weighted by atomic mass is 10.1. The Labute approximate surface area is 170 Å². The molecule has 0 saturated carbocycles. The summed E-state index contributed by atoms with van der Waals surface area (Å²) in [6.07, 6.45) is 2.43. The number of morpholine rings is 1. The van der Waals surface area contributed by atoms with Gasteiger partial charge in [0.15, 0.2) is 5.76 Å². The molecule has 0 spiro atoms. The van der Waals surface area contributed by atoms with E-state index < -0.39 is 10.0 Å². The van der Waals surface area contributed by atoms with Crippen molar-refractivity contribution >= 4 is 26.9 Å². The van der Waals surface area contributed by atoms with E-state index in [0.717, 1.165) is 19.6 Å². The lowest BCUT2D eigenvalue weighted by Crippen LogP contribution is -2.40. The summed E-state index contributed by atoms with van der Waals surface area (Å²) in [5.74, 6) is -0.0298. The SMILES string of the molecule is Cc1c(C(=O)NCCN2CCCC2)oc2ccc(S(=O)(=O)N3CCOCC3)cc12. The Morgan fingerprint density at radius 3 is 2.59 bits per heavy atom. The lowest BCUT2D eigenvalue weighted by Gasteiger charge is -2.26. The minimum Gasteiger partial charge on any atom is -0.451 e. The molecular formula is C20H27N3O5S. The Morgan fingerprint density at radius 1 is 1.14 bits per heavy atom. The molecule has 4 rings (SSSR count). The number of furan rings is 1. The Kier molecular flexibility index (Phi) is 5.91. The van der Waals surface area contributed by atoms with Gasteiger partial charge in [0.05, 0.1) is 18.1 Å². The van der Waals surface area contributed by atoms with Gasteiger partial charge < -0.3 is 19.4 Å². The number of sulfonamides is 1. The van der Waals surface area contributed by atoms with Crippen LogP contribution in [0.5, 0.6) is 0 Å². The fourth-order valence-corrected chi connectivity index (χ4v) is 5.36. The second-order valence-electron chi connectivity index (χ2n) is 7.54. The molecule has 0 bridgehead atoms. The molecule has 3 heterocycles. The molecule has 1 amide bonds. The van der Waals surface area contributed by atoms with Gasteiger partial charge in [0.25, 0.3) is 5.91 Å². The van der Waals surface area contributed by atoms with Crippen molar-refractivity contribution in [2.45, 2.75) is 24.7 Å². The zero-order chi connectivity index (χ0) is 20.4. The minimum absolute atomic E-state index is 0.205. The van der Waals surface area contributed by atoms with E-state index in [1.807, 2.05) is 0 Å². The average molecular weight is 422 g/mol. The van der Waals surface area contributed by atoms with E-state index in [-0.39, 0.29) is 16.6 Å². The maximum atomic E-state index is 12.9. The first-order valence-electron chi connectivity index (χ1n) is 10.1. The molecule has 0 unspecified atom stereocenters. The summed E-state index contributed by atoms with van der Waals surface area (Å²) in [6, 6.07) is 4.75. The third kappa shape index (κ3) is 4.18. The van der Waals surface area contributed by atoms with Gasteiger partial charge in [-0.3, -0.25) is 4.79 Å². The molecule has 1 N–H and O–H groups in total. The highest BCUT2D eigenvalue weighted by molar-refractivity contribution is 7.89. The summed E-state index contributed by atoms with van der Waals surface area (Å²) in [7, 11) is -3.60. The van der Waals surface area contributed by atoms with Crippen LogP contribution in [-0.2, 0) is 14.8 Å². The fraction of sp³-hybridized carbons (Fsp3) is 0.550. The number of likely N-dealkylation sites (tertiary alicyclic amines) is 1. The zero-order valence-electron chi connectivity index (χ0n) is 16.6. The number of nitrogens with one attached hydrogen (secondary N) is 1. The van der Waals surface area contributed by atoms with Crippen LogP contribution in [0.25, 0.3) is 11.0 Å². The monoisotopic (exact) mass is 421 g/mol. The second-order valence-corrected chi connectivity index (χ2v) is 9.47. The highest BCUT2D eigenvalue weighted by Gasteiger charge is 2.27. The first-order valence-corrected chi connectivity index (χ1v) is 11.5. The molecule has 2 aliphatic heterocycles. The Hall–Kier alpha value is -1.94. The van der Waals surface area contributed by atoms with Crippen LogP contribution in [0.3, 0.4) is 0 Å². The summed E-state index contributed by atoms with van der Waals surface area (Å²) in [6.45, 7) is 6.82. The normalized spacial score (nSPS) is 19.1. The maximum absolute atomic E-state index is 12.9. The average Bonchev–Trinajstić information content (AvgIpc) is 3.36. The number of amides is 1. The molecule has 1 aromatic carbocycles. The molecule has 2 fully saturated rings. The predicted molar refractivity (Wildman–Crippen MR) is 109 cm³/mol. The molecule has 2 saturated heterocycles. The molecule has 158 valence electrons. The first kappa shape index (κ1) is 20.3. The van der Waals surface area contributed by atoms with Crippen molar-refractivity contribution in [2.75, 3.05) is 52.5 Å². The molecule has 29 heavy (non-hydrogen) atoms. The molecule has 0 radical (unpaired) electrons. The highest BCUT2D eigenvalue weighted by atomic mass is 32.2. The van der Waals surface area contributed by atoms with Gasteiger partial charge in [-0.25, -0.2) is 8.42 Å². The predicted octanol–water partition coefficient (Wildman–Crippen LogP) is 1.59. The number of hydrogen-bond acceptors (Lipinski definition) is 6. The largest absolute Gasteiger partial charge is 0.451 e. The van der Waals surface area contributed by atoms with Crippen LogP contribution in [0.15, 0.2) is 27.5 Å². The Balaban J connectivity index is 1.51. The van der Waals surface area contributed by atoms with Crippen molar-refractivity contribution in [1.82, 2.24) is 14.5 Å². The molecule has 0 aliphatic carbocycles. The second kappa shape index (κ2) is 8.43. The van der Waals surface area contributed by atoms with Gasteiger partial charge in [-0.15, -0.1) is 0 Å². The molecule has 2 aliphatic rings. The van der Waals surface area contributed by atoms with E-state index in [0.29, 0.717) is 49.4 Å². The summed E-state index contributed by atoms with van der Waals surface area (Å²) in [5, 5.41) is 3.55. The van der Waals surface area contributed by atoms with Crippen LogP contribution in [0, 0.1) is 6.92 Å². The molecule has 9 heteroatoms. The third-order valence-electron chi connectivity index (χ3n) is 5.63. The maximum Gasteiger partial charge on any atom is 0.287 e. The van der Waals surface area contributed by atoms with Crippen LogP contribution in [0.1, 0.15) is 29.0 Å². The quantitative estimate of drug-likeness (QED) is 0.762. The highest BCUT2D eigenvalue weighted by Crippen LogP contribution is 2.29. The van der Waals surface area contributed by atoms with Crippen molar-refractivity contribution in [3.8, 4) is 0 Å². The molecule has 2 aromatic rings. The van der Waals surface area contributed by atoms with Gasteiger partial charge >= 0.3 is 0 Å². The van der Waals surface area contributed by atoms with Crippen molar-refractivity contribution < 1.29 is 22.4 Å². The van der Waals surface area contributed by atoms with Crippen LogP contribution in [0.2, 0.25) is 0 Å². The standard InChI is InChI=1S/C20H27N3O5S/c1-15-17-14-16(29(25,26)23-10-12-27-13-11-23)4-5-18(17)28-19(15)20(24)21-6-9-22-7-2-3-8-22/h4-5,14H,2-3,6-13H2,1H3,(H,21,24). The number of rotatable bonds is 6. The minimum atomic E-state index is -3.60. The molecule has 1 aromatic heterocycles. The summed E-state index contributed by atoms with van der Waals surface area (Å²) >= 11 is 0. The zero-order valence-corrected chi connectivity index (χ0v) is 17.5. The molecule has 8 nitrogen and oxygen atoms in total. The van der Waals surface area contributed by atoms with Crippen LogP contribution < -0.4 is 5.32 Å². The van der Waals surface area contributed by atoms with Crippen molar-refractivity contribution in [1.29, 1.82) is 0 Å².